The normalized spacial score (nSPS) is 11.2. The van der Waals surface area contributed by atoms with Gasteiger partial charge in [0, 0.05) is 18.7 Å². The average Bonchev–Trinajstić information content (AvgIpc) is 2.70. The van der Waals surface area contributed by atoms with Gasteiger partial charge in [-0.05, 0) is 50.6 Å². The third kappa shape index (κ3) is 5.87. The topological polar surface area (TPSA) is 82.1 Å². The van der Waals surface area contributed by atoms with E-state index in [0.717, 1.165) is 5.56 Å². The highest BCUT2D eigenvalue weighted by atomic mass is 32.2. The van der Waals surface area contributed by atoms with Crippen molar-refractivity contribution in [3.8, 4) is 17.2 Å². The van der Waals surface area contributed by atoms with E-state index in [4.69, 9.17) is 13.7 Å². The molecule has 0 radical (unpaired) electrons. The second-order valence-electron chi connectivity index (χ2n) is 6.67. The smallest absolute Gasteiger partial charge is 0.308 e. The van der Waals surface area contributed by atoms with E-state index in [1.54, 1.807) is 48.4 Å². The molecule has 0 saturated heterocycles. The number of carbonyl (C=O) groups is 1. The highest BCUT2D eigenvalue weighted by Gasteiger charge is 2.23. The number of hydrogen-bond donors (Lipinski definition) is 0. The van der Waals surface area contributed by atoms with Crippen LogP contribution in [0, 0.1) is 0 Å². The number of hydrogen-bond acceptors (Lipinski definition) is 6. The Balaban J connectivity index is 2.30. The van der Waals surface area contributed by atoms with Crippen LogP contribution < -0.4 is 13.7 Å². The van der Waals surface area contributed by atoms with Gasteiger partial charge in [-0.15, -0.1) is 0 Å². The van der Waals surface area contributed by atoms with Gasteiger partial charge in [-0.2, -0.15) is 8.42 Å². The van der Waals surface area contributed by atoms with Crippen molar-refractivity contribution in [1.29, 1.82) is 0 Å². The molecule has 0 N–H and O–H groups in total. The van der Waals surface area contributed by atoms with Crippen LogP contribution in [0.5, 0.6) is 17.2 Å². The third-order valence-electron chi connectivity index (χ3n) is 4.35. The summed E-state index contributed by atoms with van der Waals surface area (Å²) in [5.41, 5.74) is 1.17. The molecule has 0 atom stereocenters. The molecule has 7 nitrogen and oxygen atoms in total. The SMILES string of the molecule is CCS(=O)(=O)Oc1cccc(CN(C(=O)c2ccc(OC)cc2OC)C(C)C)c1. The van der Waals surface area contributed by atoms with E-state index in [1.165, 1.54) is 14.0 Å². The van der Waals surface area contributed by atoms with Crippen LogP contribution in [0.1, 0.15) is 36.7 Å². The van der Waals surface area contributed by atoms with Crippen molar-refractivity contribution in [1.82, 2.24) is 4.90 Å². The maximum absolute atomic E-state index is 13.2. The Kier molecular flexibility index (Phi) is 7.50. The lowest BCUT2D eigenvalue weighted by Crippen LogP contribution is -2.36. The van der Waals surface area contributed by atoms with E-state index < -0.39 is 10.1 Å². The molecule has 158 valence electrons. The molecule has 1 amide bonds. The molecule has 2 aromatic carbocycles. The Morgan fingerprint density at radius 3 is 2.34 bits per heavy atom. The molecule has 0 aliphatic rings. The van der Waals surface area contributed by atoms with Crippen LogP contribution in [0.15, 0.2) is 42.5 Å². The first kappa shape index (κ1) is 22.5. The minimum Gasteiger partial charge on any atom is -0.497 e. The van der Waals surface area contributed by atoms with Gasteiger partial charge in [0.15, 0.2) is 0 Å². The molecule has 0 unspecified atom stereocenters. The van der Waals surface area contributed by atoms with Crippen molar-refractivity contribution >= 4 is 16.0 Å². The number of amides is 1. The van der Waals surface area contributed by atoms with E-state index in [9.17, 15) is 13.2 Å². The van der Waals surface area contributed by atoms with Gasteiger partial charge in [0.05, 0.1) is 25.5 Å². The number of carbonyl (C=O) groups excluding carboxylic acids is 1. The molecule has 0 fully saturated rings. The van der Waals surface area contributed by atoms with Gasteiger partial charge >= 0.3 is 10.1 Å². The summed E-state index contributed by atoms with van der Waals surface area (Å²) in [6, 6.07) is 11.7. The molecular weight excluding hydrogens is 394 g/mol. The second kappa shape index (κ2) is 9.65. The van der Waals surface area contributed by atoms with Crippen LogP contribution in [-0.4, -0.2) is 45.2 Å². The Bertz CT molecular complexity index is 955. The standard InChI is InChI=1S/C21H27NO6S/c1-6-29(24,25)28-18-9-7-8-16(12-18)14-22(15(2)3)21(23)19-11-10-17(26-4)13-20(19)27-5/h7-13,15H,6,14H2,1-5H3. The van der Waals surface area contributed by atoms with Gasteiger partial charge in [-0.25, -0.2) is 0 Å². The lowest BCUT2D eigenvalue weighted by atomic mass is 10.1. The predicted molar refractivity (Wildman–Crippen MR) is 111 cm³/mol. The number of benzene rings is 2. The molecule has 8 heteroatoms. The summed E-state index contributed by atoms with van der Waals surface area (Å²) in [5, 5.41) is 0. The van der Waals surface area contributed by atoms with Crippen molar-refractivity contribution in [3.05, 3.63) is 53.6 Å². The lowest BCUT2D eigenvalue weighted by molar-refractivity contribution is 0.0686. The molecular formula is C21H27NO6S. The largest absolute Gasteiger partial charge is 0.497 e. The molecule has 0 saturated carbocycles. The number of methoxy groups -OCH3 is 2. The molecule has 29 heavy (non-hydrogen) atoms. The molecule has 0 spiro atoms. The second-order valence-corrected chi connectivity index (χ2v) is 8.53. The van der Waals surface area contributed by atoms with Crippen LogP contribution in [0.3, 0.4) is 0 Å². The van der Waals surface area contributed by atoms with Gasteiger partial charge in [-0.3, -0.25) is 4.79 Å². The molecule has 0 aliphatic carbocycles. The number of ether oxygens (including phenoxy) is 2. The third-order valence-corrected chi connectivity index (χ3v) is 5.50. The fourth-order valence-corrected chi connectivity index (χ4v) is 3.23. The first-order valence-electron chi connectivity index (χ1n) is 9.24. The molecule has 0 bridgehead atoms. The predicted octanol–water partition coefficient (Wildman–Crippen LogP) is 3.48. The van der Waals surface area contributed by atoms with Crippen LogP contribution in [0.4, 0.5) is 0 Å². The Hall–Kier alpha value is -2.74. The summed E-state index contributed by atoms with van der Waals surface area (Å²) in [7, 11) is -0.572. The van der Waals surface area contributed by atoms with Gasteiger partial charge in [0.1, 0.15) is 17.2 Å². The zero-order chi connectivity index (χ0) is 21.6. The molecule has 0 aromatic heterocycles. The van der Waals surface area contributed by atoms with E-state index in [1.807, 2.05) is 19.9 Å². The maximum atomic E-state index is 13.2. The van der Waals surface area contributed by atoms with Crippen molar-refractivity contribution in [2.45, 2.75) is 33.4 Å². The van der Waals surface area contributed by atoms with Gasteiger partial charge in [0.2, 0.25) is 0 Å². The molecule has 2 rings (SSSR count). The van der Waals surface area contributed by atoms with Gasteiger partial charge in [-0.1, -0.05) is 12.1 Å². The van der Waals surface area contributed by atoms with Crippen LogP contribution in [-0.2, 0) is 16.7 Å². The van der Waals surface area contributed by atoms with Crippen LogP contribution >= 0.6 is 0 Å². The zero-order valence-corrected chi connectivity index (χ0v) is 18.2. The van der Waals surface area contributed by atoms with Crippen LogP contribution in [0.2, 0.25) is 0 Å². The first-order valence-corrected chi connectivity index (χ1v) is 10.8. The quantitative estimate of drug-likeness (QED) is 0.577. The van der Waals surface area contributed by atoms with Crippen molar-refractivity contribution < 1.29 is 26.9 Å². The van der Waals surface area contributed by atoms with E-state index in [2.05, 4.69) is 0 Å². The fraction of sp³-hybridized carbons (Fsp3) is 0.381. The lowest BCUT2D eigenvalue weighted by Gasteiger charge is -2.28. The van der Waals surface area contributed by atoms with Crippen molar-refractivity contribution in [2.24, 2.45) is 0 Å². The maximum Gasteiger partial charge on any atom is 0.308 e. The van der Waals surface area contributed by atoms with Crippen molar-refractivity contribution in [2.75, 3.05) is 20.0 Å². The minimum absolute atomic E-state index is 0.0988. The summed E-state index contributed by atoms with van der Waals surface area (Å²) in [6.07, 6.45) is 0. The summed E-state index contributed by atoms with van der Waals surface area (Å²) < 4.78 is 39.1. The Labute approximate surface area is 172 Å². The molecule has 0 aliphatic heterocycles. The fourth-order valence-electron chi connectivity index (χ4n) is 2.72. The Morgan fingerprint density at radius 2 is 1.76 bits per heavy atom. The van der Waals surface area contributed by atoms with Crippen molar-refractivity contribution in [3.63, 3.8) is 0 Å². The molecule has 0 heterocycles. The minimum atomic E-state index is -3.62. The zero-order valence-electron chi connectivity index (χ0n) is 17.3. The first-order chi connectivity index (χ1) is 13.7. The summed E-state index contributed by atoms with van der Waals surface area (Å²) in [5.74, 6) is 0.919. The summed E-state index contributed by atoms with van der Waals surface area (Å²) >= 11 is 0. The molecule has 2 aromatic rings. The highest BCUT2D eigenvalue weighted by Crippen LogP contribution is 2.27. The van der Waals surface area contributed by atoms with Crippen LogP contribution in [0.25, 0.3) is 0 Å². The van der Waals surface area contributed by atoms with E-state index in [0.29, 0.717) is 17.1 Å². The van der Waals surface area contributed by atoms with Gasteiger partial charge in [0.25, 0.3) is 5.91 Å². The average molecular weight is 422 g/mol. The monoisotopic (exact) mass is 421 g/mol. The highest BCUT2D eigenvalue weighted by molar-refractivity contribution is 7.87. The summed E-state index contributed by atoms with van der Waals surface area (Å²) in [4.78, 5) is 14.9. The number of nitrogens with zero attached hydrogens (tertiary/aromatic N) is 1. The van der Waals surface area contributed by atoms with E-state index in [-0.39, 0.29) is 30.0 Å². The summed E-state index contributed by atoms with van der Waals surface area (Å²) in [6.45, 7) is 5.63. The van der Waals surface area contributed by atoms with Gasteiger partial charge < -0.3 is 18.6 Å². The Morgan fingerprint density at radius 1 is 1.03 bits per heavy atom. The number of rotatable bonds is 9. The van der Waals surface area contributed by atoms with E-state index >= 15 is 0 Å².